The second kappa shape index (κ2) is 4.46. The minimum Gasteiger partial charge on any atom is -0.305 e. The Hall–Kier alpha value is -2.60. The van der Waals surface area contributed by atoms with Crippen molar-refractivity contribution in [3.63, 3.8) is 0 Å². The topological polar surface area (TPSA) is 58.6 Å². The van der Waals surface area contributed by atoms with Gasteiger partial charge >= 0.3 is 0 Å². The molecule has 102 valence electrons. The Labute approximate surface area is 121 Å². The van der Waals surface area contributed by atoms with Gasteiger partial charge in [0.1, 0.15) is 21.2 Å². The molecule has 6 heteroatoms. The lowest BCUT2D eigenvalue weighted by molar-refractivity contribution is 0.628. The fourth-order valence-electron chi connectivity index (χ4n) is 2.26. The summed E-state index contributed by atoms with van der Waals surface area (Å²) in [7, 11) is 0. The highest BCUT2D eigenvalue weighted by Gasteiger charge is 2.12. The fourth-order valence-corrected chi connectivity index (χ4v) is 3.24. The first-order valence-electron chi connectivity index (χ1n) is 6.26. The molecule has 0 aliphatic rings. The van der Waals surface area contributed by atoms with Gasteiger partial charge in [0.25, 0.3) is 5.56 Å². The molecule has 4 aromatic rings. The van der Waals surface area contributed by atoms with Gasteiger partial charge in [-0.2, -0.15) is 0 Å². The van der Waals surface area contributed by atoms with Crippen molar-refractivity contribution in [3.05, 3.63) is 58.8 Å². The number of pyridine rings is 1. The van der Waals surface area contributed by atoms with E-state index in [2.05, 4.69) is 15.0 Å². The van der Waals surface area contributed by atoms with Crippen molar-refractivity contribution < 1.29 is 4.39 Å². The Bertz CT molecular complexity index is 1040. The van der Waals surface area contributed by atoms with Crippen LogP contribution in [0, 0.1) is 5.82 Å². The monoisotopic (exact) mass is 297 g/mol. The molecule has 0 spiro atoms. The predicted octanol–water partition coefficient (Wildman–Crippen LogP) is 3.34. The van der Waals surface area contributed by atoms with E-state index < -0.39 is 0 Å². The molecule has 0 aliphatic heterocycles. The lowest BCUT2D eigenvalue weighted by Gasteiger charge is -2.01. The molecule has 4 nitrogen and oxygen atoms in total. The van der Waals surface area contributed by atoms with Crippen LogP contribution in [0.25, 0.3) is 31.8 Å². The molecule has 3 heterocycles. The lowest BCUT2D eigenvalue weighted by Crippen LogP contribution is -2.07. The average Bonchev–Trinajstić information content (AvgIpc) is 2.87. The number of benzene rings is 1. The number of halogens is 1. The molecule has 4 rings (SSSR count). The minimum atomic E-state index is -0.368. The normalized spacial score (nSPS) is 11.3. The highest BCUT2D eigenvalue weighted by atomic mass is 32.1. The van der Waals surface area contributed by atoms with Crippen molar-refractivity contribution in [2.24, 2.45) is 0 Å². The highest BCUT2D eigenvalue weighted by Crippen LogP contribution is 2.29. The number of nitrogens with zero attached hydrogens (tertiary/aromatic N) is 2. The van der Waals surface area contributed by atoms with Gasteiger partial charge in [-0.3, -0.25) is 4.79 Å². The molecule has 0 aliphatic carbocycles. The van der Waals surface area contributed by atoms with Crippen molar-refractivity contribution in [1.82, 2.24) is 15.0 Å². The van der Waals surface area contributed by atoms with Gasteiger partial charge in [-0.25, -0.2) is 14.4 Å². The quantitative estimate of drug-likeness (QED) is 0.586. The van der Waals surface area contributed by atoms with Crippen LogP contribution in [0.4, 0.5) is 4.39 Å². The van der Waals surface area contributed by atoms with Crippen molar-refractivity contribution in [2.45, 2.75) is 0 Å². The average molecular weight is 297 g/mol. The molecule has 3 aromatic heterocycles. The van der Waals surface area contributed by atoms with Gasteiger partial charge in [0.05, 0.1) is 5.52 Å². The first-order valence-corrected chi connectivity index (χ1v) is 7.07. The molecule has 0 atom stereocenters. The fraction of sp³-hybridized carbons (Fsp3) is 0. The standard InChI is InChI=1S/C15H8FN3OS/c16-9-4-1-3-8(7-9)13-18-11-10-5-2-6-17-15(10)21-12(11)14(20)19-13/h1-7H,(H,18,19,20). The third kappa shape index (κ3) is 1.92. The van der Waals surface area contributed by atoms with E-state index in [9.17, 15) is 9.18 Å². The summed E-state index contributed by atoms with van der Waals surface area (Å²) >= 11 is 1.30. The maximum atomic E-state index is 13.3. The second-order valence-corrected chi connectivity index (χ2v) is 5.56. The molecule has 21 heavy (non-hydrogen) atoms. The highest BCUT2D eigenvalue weighted by molar-refractivity contribution is 7.25. The molecule has 0 saturated heterocycles. The summed E-state index contributed by atoms with van der Waals surface area (Å²) in [5.74, 6) is -0.0114. The number of rotatable bonds is 1. The number of nitrogens with one attached hydrogen (secondary N) is 1. The second-order valence-electron chi connectivity index (χ2n) is 4.56. The first kappa shape index (κ1) is 12.2. The van der Waals surface area contributed by atoms with Crippen LogP contribution in [0.1, 0.15) is 0 Å². The zero-order valence-electron chi connectivity index (χ0n) is 10.6. The zero-order valence-corrected chi connectivity index (χ0v) is 11.4. The van der Waals surface area contributed by atoms with Crippen molar-refractivity contribution >= 4 is 31.8 Å². The summed E-state index contributed by atoms with van der Waals surface area (Å²) in [6.45, 7) is 0. The maximum absolute atomic E-state index is 13.3. The Balaban J connectivity index is 2.08. The van der Waals surface area contributed by atoms with Gasteiger partial charge in [0.15, 0.2) is 0 Å². The van der Waals surface area contributed by atoms with Crippen molar-refractivity contribution in [2.75, 3.05) is 0 Å². The number of thiophene rings is 1. The van der Waals surface area contributed by atoms with Gasteiger partial charge < -0.3 is 4.98 Å². The Morgan fingerprint density at radius 3 is 2.95 bits per heavy atom. The molecule has 0 bridgehead atoms. The first-order chi connectivity index (χ1) is 10.2. The molecular formula is C15H8FN3OS. The van der Waals surface area contributed by atoms with E-state index in [1.165, 1.54) is 23.5 Å². The Kier molecular flexibility index (Phi) is 2.58. The summed E-state index contributed by atoms with van der Waals surface area (Å²) in [5, 5.41) is 0.834. The summed E-state index contributed by atoms with van der Waals surface area (Å²) in [4.78, 5) is 24.4. The van der Waals surface area contributed by atoms with Crippen LogP contribution in [-0.2, 0) is 0 Å². The summed E-state index contributed by atoms with van der Waals surface area (Å²) < 4.78 is 13.9. The SMILES string of the molecule is O=c1[nH]c(-c2cccc(F)c2)nc2c1sc1ncccc12. The number of fused-ring (bicyclic) bond motifs is 3. The van der Waals surface area contributed by atoms with E-state index in [1.54, 1.807) is 24.4 Å². The Morgan fingerprint density at radius 1 is 1.19 bits per heavy atom. The molecular weight excluding hydrogens is 289 g/mol. The van der Waals surface area contributed by atoms with Gasteiger partial charge in [-0.1, -0.05) is 12.1 Å². The summed E-state index contributed by atoms with van der Waals surface area (Å²) in [5.41, 5.74) is 0.908. The van der Waals surface area contributed by atoms with E-state index in [4.69, 9.17) is 0 Å². The van der Waals surface area contributed by atoms with Gasteiger partial charge in [-0.15, -0.1) is 11.3 Å². The van der Waals surface area contributed by atoms with Crippen LogP contribution in [0.5, 0.6) is 0 Å². The number of H-pyrrole nitrogens is 1. The lowest BCUT2D eigenvalue weighted by atomic mass is 10.2. The van der Waals surface area contributed by atoms with Crippen LogP contribution in [0.3, 0.4) is 0 Å². The number of hydrogen-bond acceptors (Lipinski definition) is 4. The molecule has 0 unspecified atom stereocenters. The zero-order chi connectivity index (χ0) is 14.4. The van der Waals surface area contributed by atoms with E-state index in [0.717, 1.165) is 10.2 Å². The van der Waals surface area contributed by atoms with Gasteiger partial charge in [0.2, 0.25) is 0 Å². The van der Waals surface area contributed by atoms with E-state index in [1.807, 2.05) is 6.07 Å². The molecule has 1 N–H and O–H groups in total. The number of aromatic amines is 1. The van der Waals surface area contributed by atoms with Crippen LogP contribution in [0.2, 0.25) is 0 Å². The summed E-state index contributed by atoms with van der Waals surface area (Å²) in [6, 6.07) is 9.67. The van der Waals surface area contributed by atoms with Crippen LogP contribution < -0.4 is 5.56 Å². The van der Waals surface area contributed by atoms with E-state index in [-0.39, 0.29) is 11.4 Å². The largest absolute Gasteiger partial charge is 0.305 e. The minimum absolute atomic E-state index is 0.234. The number of hydrogen-bond donors (Lipinski definition) is 1. The van der Waals surface area contributed by atoms with Crippen LogP contribution in [-0.4, -0.2) is 15.0 Å². The Morgan fingerprint density at radius 2 is 2.10 bits per heavy atom. The summed E-state index contributed by atoms with van der Waals surface area (Å²) in [6.07, 6.45) is 1.68. The predicted molar refractivity (Wildman–Crippen MR) is 80.9 cm³/mol. The van der Waals surface area contributed by atoms with Crippen molar-refractivity contribution in [1.29, 1.82) is 0 Å². The van der Waals surface area contributed by atoms with E-state index in [0.29, 0.717) is 21.6 Å². The molecule has 0 saturated carbocycles. The molecule has 0 amide bonds. The smallest absolute Gasteiger partial charge is 0.269 e. The van der Waals surface area contributed by atoms with Crippen LogP contribution in [0.15, 0.2) is 47.4 Å². The molecule has 0 fully saturated rings. The maximum Gasteiger partial charge on any atom is 0.269 e. The molecule has 0 radical (unpaired) electrons. The van der Waals surface area contributed by atoms with E-state index >= 15 is 0 Å². The number of aromatic nitrogens is 3. The molecule has 1 aromatic carbocycles. The van der Waals surface area contributed by atoms with Crippen LogP contribution >= 0.6 is 11.3 Å². The van der Waals surface area contributed by atoms with Gasteiger partial charge in [-0.05, 0) is 24.3 Å². The third-order valence-corrected chi connectivity index (χ3v) is 4.30. The van der Waals surface area contributed by atoms with Crippen molar-refractivity contribution in [3.8, 4) is 11.4 Å². The van der Waals surface area contributed by atoms with Gasteiger partial charge in [0, 0.05) is 17.1 Å². The third-order valence-electron chi connectivity index (χ3n) is 3.20.